The summed E-state index contributed by atoms with van der Waals surface area (Å²) in [5.74, 6) is 0.502. The second-order valence-electron chi connectivity index (χ2n) is 7.63. The molecule has 1 amide bonds. The standard InChI is InChI=1S/C15H20FN.C7H15N3O.C2H6/c1-3-9-17(10-4-2)15-11-14(15)12-5-7-13(16)8-6-12;1-9-2-4-10(5-3-9)7(11)6-8;1-2/h3,5-8,14-15H,1,4,9-11H2,2H3;2-6,8H2,1H3;1-2H3. The van der Waals surface area contributed by atoms with Gasteiger partial charge < -0.3 is 15.5 Å². The Labute approximate surface area is 182 Å². The van der Waals surface area contributed by atoms with Crippen molar-refractivity contribution in [2.24, 2.45) is 5.73 Å². The van der Waals surface area contributed by atoms with Crippen molar-refractivity contribution in [3.05, 3.63) is 48.3 Å². The summed E-state index contributed by atoms with van der Waals surface area (Å²) in [5, 5.41) is 0. The summed E-state index contributed by atoms with van der Waals surface area (Å²) in [4.78, 5) is 17.6. The second-order valence-corrected chi connectivity index (χ2v) is 7.63. The fourth-order valence-corrected chi connectivity index (χ4v) is 3.68. The number of hydrogen-bond donors (Lipinski definition) is 1. The van der Waals surface area contributed by atoms with E-state index in [-0.39, 0.29) is 18.3 Å². The summed E-state index contributed by atoms with van der Waals surface area (Å²) in [6, 6.07) is 7.57. The molecule has 0 aromatic heterocycles. The highest BCUT2D eigenvalue weighted by Gasteiger charge is 2.41. The lowest BCUT2D eigenvalue weighted by Gasteiger charge is -2.32. The van der Waals surface area contributed by atoms with Gasteiger partial charge in [-0.2, -0.15) is 0 Å². The fraction of sp³-hybridized carbons (Fsp3) is 0.625. The van der Waals surface area contributed by atoms with Gasteiger partial charge >= 0.3 is 0 Å². The predicted octanol–water partition coefficient (Wildman–Crippen LogP) is 3.32. The maximum atomic E-state index is 12.8. The molecule has 2 N–H and O–H groups in total. The molecule has 0 bridgehead atoms. The van der Waals surface area contributed by atoms with E-state index in [0.717, 1.165) is 39.3 Å². The quantitative estimate of drug-likeness (QED) is 0.688. The van der Waals surface area contributed by atoms with Crippen LogP contribution in [0.5, 0.6) is 0 Å². The van der Waals surface area contributed by atoms with Crippen LogP contribution in [0.3, 0.4) is 0 Å². The van der Waals surface area contributed by atoms with Crippen LogP contribution in [-0.4, -0.2) is 79.5 Å². The molecule has 2 atom stereocenters. The molecule has 1 aromatic rings. The van der Waals surface area contributed by atoms with E-state index in [0.29, 0.717) is 12.0 Å². The number of likely N-dealkylation sites (N-methyl/N-ethyl adjacent to an activating group) is 1. The van der Waals surface area contributed by atoms with Gasteiger partial charge in [0.15, 0.2) is 0 Å². The van der Waals surface area contributed by atoms with Crippen molar-refractivity contribution in [2.45, 2.75) is 45.6 Å². The van der Waals surface area contributed by atoms with Crippen molar-refractivity contribution in [3.63, 3.8) is 0 Å². The van der Waals surface area contributed by atoms with Gasteiger partial charge in [-0.25, -0.2) is 4.39 Å². The number of carbonyl (C=O) groups is 1. The van der Waals surface area contributed by atoms with E-state index in [9.17, 15) is 9.18 Å². The first-order chi connectivity index (χ1) is 14.5. The fourth-order valence-electron chi connectivity index (χ4n) is 3.68. The second kappa shape index (κ2) is 14.3. The third kappa shape index (κ3) is 8.54. The molecule has 1 heterocycles. The van der Waals surface area contributed by atoms with E-state index in [1.807, 2.05) is 37.0 Å². The minimum absolute atomic E-state index is 0.0677. The molecule has 1 saturated carbocycles. The van der Waals surface area contributed by atoms with Gasteiger partial charge in [0, 0.05) is 44.7 Å². The van der Waals surface area contributed by atoms with Crippen LogP contribution in [0.1, 0.15) is 45.1 Å². The Morgan fingerprint density at radius 2 is 1.83 bits per heavy atom. The molecular weight excluding hydrogens is 379 g/mol. The van der Waals surface area contributed by atoms with Crippen molar-refractivity contribution >= 4 is 5.91 Å². The Kier molecular flexibility index (Phi) is 12.5. The highest BCUT2D eigenvalue weighted by Crippen LogP contribution is 2.44. The van der Waals surface area contributed by atoms with Crippen LogP contribution in [0.2, 0.25) is 0 Å². The van der Waals surface area contributed by atoms with E-state index in [2.05, 4.69) is 30.4 Å². The Bertz CT molecular complexity index is 614. The molecule has 1 aromatic carbocycles. The van der Waals surface area contributed by atoms with Gasteiger partial charge in [-0.3, -0.25) is 9.69 Å². The molecule has 2 fully saturated rings. The Morgan fingerprint density at radius 3 is 2.33 bits per heavy atom. The van der Waals surface area contributed by atoms with E-state index in [1.54, 1.807) is 12.1 Å². The zero-order valence-corrected chi connectivity index (χ0v) is 19.3. The first-order valence-electron chi connectivity index (χ1n) is 11.3. The van der Waals surface area contributed by atoms with Gasteiger partial charge in [-0.05, 0) is 44.1 Å². The van der Waals surface area contributed by atoms with Crippen molar-refractivity contribution in [2.75, 3.05) is 52.9 Å². The molecule has 6 heteroatoms. The topological polar surface area (TPSA) is 52.8 Å². The molecule has 3 rings (SSSR count). The molecule has 0 radical (unpaired) electrons. The lowest BCUT2D eigenvalue weighted by molar-refractivity contribution is -0.131. The SMILES string of the molecule is C=CCN(CCC)C1CC1c1ccc(F)cc1.CC.CN1CCN(C(=O)CN)CC1. The lowest BCUT2D eigenvalue weighted by atomic mass is 10.1. The normalized spacial score (nSPS) is 20.6. The molecule has 1 aliphatic carbocycles. The molecule has 5 nitrogen and oxygen atoms in total. The number of carbonyl (C=O) groups excluding carboxylic acids is 1. The molecule has 2 unspecified atom stereocenters. The highest BCUT2D eigenvalue weighted by molar-refractivity contribution is 5.78. The van der Waals surface area contributed by atoms with Crippen LogP contribution in [0.4, 0.5) is 4.39 Å². The van der Waals surface area contributed by atoms with E-state index < -0.39 is 0 Å². The number of benzene rings is 1. The van der Waals surface area contributed by atoms with Crippen molar-refractivity contribution in [1.29, 1.82) is 0 Å². The zero-order valence-electron chi connectivity index (χ0n) is 19.3. The molecule has 30 heavy (non-hydrogen) atoms. The number of rotatable bonds is 7. The third-order valence-electron chi connectivity index (χ3n) is 5.43. The average Bonchev–Trinajstić information content (AvgIpc) is 3.57. The minimum atomic E-state index is -0.151. The number of nitrogens with two attached hydrogens (primary N) is 1. The first-order valence-corrected chi connectivity index (χ1v) is 11.3. The lowest BCUT2D eigenvalue weighted by Crippen LogP contribution is -2.48. The Balaban J connectivity index is 0.000000300. The number of nitrogens with zero attached hydrogens (tertiary/aromatic N) is 3. The van der Waals surface area contributed by atoms with Crippen LogP contribution < -0.4 is 5.73 Å². The Morgan fingerprint density at radius 1 is 1.23 bits per heavy atom. The van der Waals surface area contributed by atoms with Crippen LogP contribution in [-0.2, 0) is 4.79 Å². The number of hydrogen-bond acceptors (Lipinski definition) is 4. The predicted molar refractivity (Wildman–Crippen MR) is 124 cm³/mol. The van der Waals surface area contributed by atoms with Gasteiger partial charge in [-0.15, -0.1) is 6.58 Å². The van der Waals surface area contributed by atoms with E-state index >= 15 is 0 Å². The highest BCUT2D eigenvalue weighted by atomic mass is 19.1. The van der Waals surface area contributed by atoms with Crippen LogP contribution in [0.25, 0.3) is 0 Å². The maximum Gasteiger partial charge on any atom is 0.236 e. The van der Waals surface area contributed by atoms with E-state index in [1.165, 1.54) is 18.4 Å². The van der Waals surface area contributed by atoms with Crippen LogP contribution in [0, 0.1) is 5.82 Å². The number of halogens is 1. The van der Waals surface area contributed by atoms with Gasteiger partial charge in [0.1, 0.15) is 5.82 Å². The van der Waals surface area contributed by atoms with Crippen molar-refractivity contribution in [1.82, 2.24) is 14.7 Å². The minimum Gasteiger partial charge on any atom is -0.339 e. The summed E-state index contributed by atoms with van der Waals surface area (Å²) in [7, 11) is 2.06. The molecule has 0 spiro atoms. The van der Waals surface area contributed by atoms with Crippen LogP contribution >= 0.6 is 0 Å². The monoisotopic (exact) mass is 420 g/mol. The third-order valence-corrected chi connectivity index (χ3v) is 5.43. The van der Waals surface area contributed by atoms with E-state index in [4.69, 9.17) is 5.73 Å². The average molecular weight is 421 g/mol. The molecule has 1 saturated heterocycles. The number of amides is 1. The molecule has 2 aliphatic rings. The summed E-state index contributed by atoms with van der Waals surface area (Å²) in [5.41, 5.74) is 6.50. The Hall–Kier alpha value is -1.76. The van der Waals surface area contributed by atoms with Gasteiger partial charge in [0.2, 0.25) is 5.91 Å². The zero-order chi connectivity index (χ0) is 22.5. The smallest absolute Gasteiger partial charge is 0.236 e. The summed E-state index contributed by atoms with van der Waals surface area (Å²) in [6.45, 7) is 15.8. The summed E-state index contributed by atoms with van der Waals surface area (Å²) < 4.78 is 12.8. The number of piperazine rings is 1. The first kappa shape index (κ1) is 26.3. The van der Waals surface area contributed by atoms with Gasteiger partial charge in [0.25, 0.3) is 0 Å². The molecule has 170 valence electrons. The summed E-state index contributed by atoms with van der Waals surface area (Å²) >= 11 is 0. The molecule has 1 aliphatic heterocycles. The van der Waals surface area contributed by atoms with Crippen molar-refractivity contribution in [3.8, 4) is 0 Å². The molecular formula is C24H41FN4O. The van der Waals surface area contributed by atoms with Gasteiger partial charge in [0.05, 0.1) is 6.54 Å². The maximum absolute atomic E-state index is 12.8. The largest absolute Gasteiger partial charge is 0.339 e. The summed E-state index contributed by atoms with van der Waals surface area (Å²) in [6.07, 6.45) is 4.33. The van der Waals surface area contributed by atoms with Crippen LogP contribution in [0.15, 0.2) is 36.9 Å². The van der Waals surface area contributed by atoms with Gasteiger partial charge in [-0.1, -0.05) is 39.0 Å². The van der Waals surface area contributed by atoms with Crippen molar-refractivity contribution < 1.29 is 9.18 Å².